The molecule has 0 radical (unpaired) electrons. The smallest absolute Gasteiger partial charge is 0.272 e. The number of hydrogen-bond donors (Lipinski definition) is 1. The number of nitrogens with zero attached hydrogens (tertiary/aromatic N) is 2. The van der Waals surface area contributed by atoms with Crippen molar-refractivity contribution in [3.8, 4) is 0 Å². The highest BCUT2D eigenvalue weighted by atomic mass is 32.1. The Kier molecular flexibility index (Phi) is 6.07. The maximum Gasteiger partial charge on any atom is 0.272 e. The van der Waals surface area contributed by atoms with E-state index >= 15 is 0 Å². The van der Waals surface area contributed by atoms with Crippen molar-refractivity contribution in [3.05, 3.63) is 29.6 Å². The molecule has 0 aromatic carbocycles. The van der Waals surface area contributed by atoms with Crippen molar-refractivity contribution in [2.45, 2.75) is 27.7 Å². The van der Waals surface area contributed by atoms with Gasteiger partial charge < -0.3 is 10.6 Å². The fourth-order valence-corrected chi connectivity index (χ4v) is 2.07. The van der Waals surface area contributed by atoms with E-state index in [4.69, 9.17) is 18.0 Å². The highest BCUT2D eigenvalue weighted by Gasteiger charge is 2.19. The average Bonchev–Trinajstić information content (AvgIpc) is 2.36. The minimum Gasteiger partial charge on any atom is -0.389 e. The van der Waals surface area contributed by atoms with Crippen LogP contribution in [0.1, 0.15) is 43.7 Å². The van der Waals surface area contributed by atoms with Gasteiger partial charge in [0.15, 0.2) is 0 Å². The van der Waals surface area contributed by atoms with Crippen molar-refractivity contribution in [2.75, 3.05) is 13.1 Å². The number of nitrogens with two attached hydrogens (primary N) is 1. The molecule has 1 heterocycles. The Morgan fingerprint density at radius 2 is 1.80 bits per heavy atom. The number of pyridine rings is 1. The van der Waals surface area contributed by atoms with Crippen LogP contribution in [0.3, 0.4) is 0 Å². The van der Waals surface area contributed by atoms with Gasteiger partial charge in [-0.05, 0) is 24.0 Å². The second-order valence-corrected chi connectivity index (χ2v) is 6.23. The van der Waals surface area contributed by atoms with E-state index in [2.05, 4.69) is 32.7 Å². The summed E-state index contributed by atoms with van der Waals surface area (Å²) in [6, 6.07) is 3.43. The van der Waals surface area contributed by atoms with Crippen molar-refractivity contribution in [3.63, 3.8) is 0 Å². The number of rotatable bonds is 6. The summed E-state index contributed by atoms with van der Waals surface area (Å²) in [5.41, 5.74) is 6.64. The number of thiocarbonyl (C=S) groups is 1. The summed E-state index contributed by atoms with van der Waals surface area (Å²) in [5, 5.41) is 0. The molecule has 4 nitrogen and oxygen atoms in total. The van der Waals surface area contributed by atoms with Gasteiger partial charge in [0.2, 0.25) is 0 Å². The summed E-state index contributed by atoms with van der Waals surface area (Å²) < 4.78 is 0. The SMILES string of the molecule is CC(C)CN(CC(C)C)C(=O)c1ccc(C(N)=S)cn1. The zero-order chi connectivity index (χ0) is 15.3. The Morgan fingerprint density at radius 3 is 2.15 bits per heavy atom. The van der Waals surface area contributed by atoms with Gasteiger partial charge in [0.1, 0.15) is 10.7 Å². The number of hydrogen-bond acceptors (Lipinski definition) is 3. The van der Waals surface area contributed by atoms with Crippen molar-refractivity contribution >= 4 is 23.1 Å². The number of aromatic nitrogens is 1. The van der Waals surface area contributed by atoms with E-state index in [0.29, 0.717) is 23.1 Å². The Bertz CT molecular complexity index is 459. The predicted octanol–water partition coefficient (Wildman–Crippen LogP) is 2.47. The molecule has 0 bridgehead atoms. The van der Waals surface area contributed by atoms with Gasteiger partial charge in [0.25, 0.3) is 5.91 Å². The van der Waals surface area contributed by atoms with Gasteiger partial charge >= 0.3 is 0 Å². The van der Waals surface area contributed by atoms with Gasteiger partial charge in [-0.2, -0.15) is 0 Å². The Morgan fingerprint density at radius 1 is 1.25 bits per heavy atom. The minimum atomic E-state index is -0.0399. The number of carbonyl (C=O) groups excluding carboxylic acids is 1. The molecular formula is C15H23N3OS. The van der Waals surface area contributed by atoms with E-state index in [0.717, 1.165) is 13.1 Å². The largest absolute Gasteiger partial charge is 0.389 e. The summed E-state index contributed by atoms with van der Waals surface area (Å²) in [7, 11) is 0. The molecule has 0 fully saturated rings. The van der Waals surface area contributed by atoms with Crippen LogP contribution in [0.5, 0.6) is 0 Å². The second-order valence-electron chi connectivity index (χ2n) is 5.79. The Hall–Kier alpha value is -1.49. The van der Waals surface area contributed by atoms with Crippen LogP contribution in [-0.2, 0) is 0 Å². The Labute approximate surface area is 126 Å². The van der Waals surface area contributed by atoms with Gasteiger partial charge in [0, 0.05) is 24.8 Å². The van der Waals surface area contributed by atoms with Gasteiger partial charge in [-0.1, -0.05) is 39.9 Å². The molecule has 1 aromatic rings. The molecule has 2 N–H and O–H groups in total. The summed E-state index contributed by atoms with van der Waals surface area (Å²) >= 11 is 4.88. The maximum absolute atomic E-state index is 12.5. The molecule has 110 valence electrons. The third kappa shape index (κ3) is 4.89. The molecule has 0 saturated heterocycles. The second kappa shape index (κ2) is 7.33. The van der Waals surface area contributed by atoms with Crippen LogP contribution in [0.15, 0.2) is 18.3 Å². The zero-order valence-electron chi connectivity index (χ0n) is 12.6. The summed E-state index contributed by atoms with van der Waals surface area (Å²) in [6.45, 7) is 9.87. The molecule has 1 aromatic heterocycles. The maximum atomic E-state index is 12.5. The molecule has 0 spiro atoms. The Balaban J connectivity index is 2.90. The van der Waals surface area contributed by atoms with Crippen LogP contribution in [-0.4, -0.2) is 33.9 Å². The molecule has 1 amide bonds. The first-order chi connectivity index (χ1) is 9.31. The fourth-order valence-electron chi connectivity index (χ4n) is 1.95. The molecule has 0 atom stereocenters. The van der Waals surface area contributed by atoms with Gasteiger partial charge in [-0.3, -0.25) is 9.78 Å². The summed E-state index contributed by atoms with van der Waals surface area (Å²) in [6.07, 6.45) is 1.55. The van der Waals surface area contributed by atoms with Crippen molar-refractivity contribution in [1.82, 2.24) is 9.88 Å². The zero-order valence-corrected chi connectivity index (χ0v) is 13.4. The van der Waals surface area contributed by atoms with E-state index in [1.165, 1.54) is 0 Å². The van der Waals surface area contributed by atoms with Gasteiger partial charge in [0.05, 0.1) is 0 Å². The first-order valence-corrected chi connectivity index (χ1v) is 7.27. The molecule has 0 unspecified atom stereocenters. The monoisotopic (exact) mass is 293 g/mol. The third-order valence-corrected chi connectivity index (χ3v) is 2.96. The molecule has 0 aliphatic rings. The quantitative estimate of drug-likeness (QED) is 0.819. The van der Waals surface area contributed by atoms with Crippen LogP contribution < -0.4 is 5.73 Å². The van der Waals surface area contributed by atoms with Gasteiger partial charge in [-0.25, -0.2) is 0 Å². The van der Waals surface area contributed by atoms with Crippen LogP contribution in [0.2, 0.25) is 0 Å². The van der Waals surface area contributed by atoms with Crippen LogP contribution in [0.4, 0.5) is 0 Å². The highest BCUT2D eigenvalue weighted by molar-refractivity contribution is 7.80. The molecule has 20 heavy (non-hydrogen) atoms. The molecule has 1 rings (SSSR count). The van der Waals surface area contributed by atoms with Crippen LogP contribution >= 0.6 is 12.2 Å². The van der Waals surface area contributed by atoms with Crippen LogP contribution in [0.25, 0.3) is 0 Å². The molecule has 0 aliphatic carbocycles. The number of carbonyl (C=O) groups is 1. The molecule has 0 saturated carbocycles. The lowest BCUT2D eigenvalue weighted by atomic mass is 10.1. The summed E-state index contributed by atoms with van der Waals surface area (Å²) in [4.78, 5) is 18.8. The van der Waals surface area contributed by atoms with Crippen LogP contribution in [0, 0.1) is 11.8 Å². The standard InChI is InChI=1S/C15H23N3OS/c1-10(2)8-18(9-11(3)4)15(19)13-6-5-12(7-17-13)14(16)20/h5-7,10-11H,8-9H2,1-4H3,(H2,16,20). The van der Waals surface area contributed by atoms with E-state index in [1.807, 2.05) is 4.90 Å². The fraction of sp³-hybridized carbons (Fsp3) is 0.533. The first-order valence-electron chi connectivity index (χ1n) is 6.86. The molecule has 5 heteroatoms. The highest BCUT2D eigenvalue weighted by Crippen LogP contribution is 2.09. The van der Waals surface area contributed by atoms with Crippen molar-refractivity contribution in [1.29, 1.82) is 0 Å². The normalized spacial score (nSPS) is 10.9. The van der Waals surface area contributed by atoms with Crippen molar-refractivity contribution in [2.24, 2.45) is 17.6 Å². The first kappa shape index (κ1) is 16.6. The van der Waals surface area contributed by atoms with E-state index < -0.39 is 0 Å². The van der Waals surface area contributed by atoms with E-state index in [9.17, 15) is 4.79 Å². The number of amides is 1. The molecule has 0 aliphatic heterocycles. The third-order valence-electron chi connectivity index (χ3n) is 2.73. The lowest BCUT2D eigenvalue weighted by molar-refractivity contribution is 0.0709. The van der Waals surface area contributed by atoms with E-state index in [1.54, 1.807) is 18.3 Å². The minimum absolute atomic E-state index is 0.0399. The lowest BCUT2D eigenvalue weighted by Gasteiger charge is -2.26. The molecular weight excluding hydrogens is 270 g/mol. The predicted molar refractivity (Wildman–Crippen MR) is 85.7 cm³/mol. The van der Waals surface area contributed by atoms with Crippen molar-refractivity contribution < 1.29 is 4.79 Å². The van der Waals surface area contributed by atoms with E-state index in [-0.39, 0.29) is 10.9 Å². The summed E-state index contributed by atoms with van der Waals surface area (Å²) in [5.74, 6) is 0.809. The van der Waals surface area contributed by atoms with Gasteiger partial charge in [-0.15, -0.1) is 0 Å². The topological polar surface area (TPSA) is 59.2 Å². The lowest BCUT2D eigenvalue weighted by Crippen LogP contribution is -2.37. The average molecular weight is 293 g/mol.